The molecule has 0 fully saturated rings. The van der Waals surface area contributed by atoms with Crippen LogP contribution in [0.1, 0.15) is 36.7 Å². The van der Waals surface area contributed by atoms with Gasteiger partial charge in [-0.05, 0) is 43.2 Å². The van der Waals surface area contributed by atoms with Crippen LogP contribution in [0.3, 0.4) is 0 Å². The van der Waals surface area contributed by atoms with Crippen molar-refractivity contribution in [2.75, 3.05) is 0 Å². The van der Waals surface area contributed by atoms with Crippen molar-refractivity contribution in [3.63, 3.8) is 0 Å². The third-order valence-corrected chi connectivity index (χ3v) is 4.19. The molecular weight excluding hydrogens is 274 g/mol. The maximum absolute atomic E-state index is 11.2. The van der Waals surface area contributed by atoms with Crippen molar-refractivity contribution in [2.24, 2.45) is 0 Å². The van der Waals surface area contributed by atoms with Crippen LogP contribution in [0, 0.1) is 0 Å². The van der Waals surface area contributed by atoms with Crippen molar-refractivity contribution in [1.82, 2.24) is 4.57 Å². The van der Waals surface area contributed by atoms with Gasteiger partial charge in [-0.15, -0.1) is 0 Å². The second-order valence-corrected chi connectivity index (χ2v) is 5.60. The lowest BCUT2D eigenvalue weighted by atomic mass is 10.1. The Hall–Kier alpha value is -2.55. The first kappa shape index (κ1) is 14.4. The quantitative estimate of drug-likeness (QED) is 0.737. The molecule has 1 heterocycles. The lowest BCUT2D eigenvalue weighted by Crippen LogP contribution is -2.05. The summed E-state index contributed by atoms with van der Waals surface area (Å²) in [6, 6.07) is 18.0. The molecule has 0 saturated carbocycles. The van der Waals surface area contributed by atoms with Gasteiger partial charge >= 0.3 is 5.97 Å². The van der Waals surface area contributed by atoms with Gasteiger partial charge in [0.1, 0.15) is 0 Å². The molecule has 0 aliphatic rings. The summed E-state index contributed by atoms with van der Waals surface area (Å²) in [6.07, 6.45) is 1.02. The second-order valence-electron chi connectivity index (χ2n) is 5.60. The number of hydrogen-bond donors (Lipinski definition) is 1. The van der Waals surface area contributed by atoms with Crippen molar-refractivity contribution in [1.29, 1.82) is 0 Å². The zero-order chi connectivity index (χ0) is 15.7. The van der Waals surface area contributed by atoms with Gasteiger partial charge in [-0.1, -0.05) is 37.3 Å². The number of benzene rings is 2. The number of carboxylic acids is 1. The minimum absolute atomic E-state index is 0.327. The molecule has 0 bridgehead atoms. The molecule has 2 aromatic carbocycles. The predicted molar refractivity (Wildman–Crippen MR) is 89.3 cm³/mol. The molecule has 0 aliphatic heterocycles. The van der Waals surface area contributed by atoms with E-state index in [9.17, 15) is 9.90 Å². The van der Waals surface area contributed by atoms with Crippen LogP contribution in [-0.4, -0.2) is 15.6 Å². The van der Waals surface area contributed by atoms with Gasteiger partial charge in [0.15, 0.2) is 0 Å². The van der Waals surface area contributed by atoms with Crippen LogP contribution in [0.5, 0.6) is 0 Å². The van der Waals surface area contributed by atoms with Gasteiger partial charge in [-0.3, -0.25) is 0 Å². The summed E-state index contributed by atoms with van der Waals surface area (Å²) in [4.78, 5) is 11.2. The van der Waals surface area contributed by atoms with Crippen LogP contribution in [0.4, 0.5) is 0 Å². The molecule has 3 nitrogen and oxygen atoms in total. The number of nitrogens with zero attached hydrogens (tertiary/aromatic N) is 1. The van der Waals surface area contributed by atoms with Crippen LogP contribution in [0.2, 0.25) is 0 Å². The smallest absolute Gasteiger partial charge is 0.335 e. The van der Waals surface area contributed by atoms with E-state index in [2.05, 4.69) is 36.6 Å². The Morgan fingerprint density at radius 1 is 1.14 bits per heavy atom. The molecule has 0 radical (unpaired) electrons. The molecule has 1 atom stereocenters. The zero-order valence-corrected chi connectivity index (χ0v) is 12.8. The number of carboxylic acid groups (broad SMARTS) is 1. The Morgan fingerprint density at radius 2 is 1.86 bits per heavy atom. The van der Waals surface area contributed by atoms with Gasteiger partial charge in [0.05, 0.1) is 5.56 Å². The molecule has 1 aromatic heterocycles. The minimum Gasteiger partial charge on any atom is -0.478 e. The van der Waals surface area contributed by atoms with Crippen LogP contribution < -0.4 is 0 Å². The molecule has 3 heteroatoms. The van der Waals surface area contributed by atoms with Crippen LogP contribution in [0.15, 0.2) is 54.6 Å². The van der Waals surface area contributed by atoms with E-state index in [-0.39, 0.29) is 0 Å². The van der Waals surface area contributed by atoms with E-state index in [1.54, 1.807) is 12.1 Å². The van der Waals surface area contributed by atoms with E-state index in [1.165, 1.54) is 0 Å². The Morgan fingerprint density at radius 3 is 2.50 bits per heavy atom. The standard InChI is InChI=1S/C19H19NO2/c1-3-13(2)20-17-10-9-15(19(21)22)11-16(17)12-18(20)14-7-5-4-6-8-14/h4-13H,3H2,1-2H3,(H,21,22). The number of rotatable bonds is 4. The zero-order valence-electron chi connectivity index (χ0n) is 12.8. The normalized spacial score (nSPS) is 12.5. The van der Waals surface area contributed by atoms with Crippen LogP contribution in [0.25, 0.3) is 22.2 Å². The first-order chi connectivity index (χ1) is 10.6. The van der Waals surface area contributed by atoms with E-state index in [0.717, 1.165) is 28.6 Å². The fraction of sp³-hybridized carbons (Fsp3) is 0.211. The first-order valence-electron chi connectivity index (χ1n) is 7.55. The molecule has 112 valence electrons. The van der Waals surface area contributed by atoms with Crippen molar-refractivity contribution < 1.29 is 9.90 Å². The summed E-state index contributed by atoms with van der Waals surface area (Å²) >= 11 is 0. The average Bonchev–Trinajstić information content (AvgIpc) is 2.93. The summed E-state index contributed by atoms with van der Waals surface area (Å²) in [6.45, 7) is 4.36. The van der Waals surface area contributed by atoms with Crippen molar-refractivity contribution in [3.05, 3.63) is 60.2 Å². The Labute approximate surface area is 129 Å². The van der Waals surface area contributed by atoms with Gasteiger partial charge < -0.3 is 9.67 Å². The lowest BCUT2D eigenvalue weighted by molar-refractivity contribution is 0.0697. The number of carbonyl (C=O) groups is 1. The Bertz CT molecular complexity index is 818. The minimum atomic E-state index is -0.889. The highest BCUT2D eigenvalue weighted by Gasteiger charge is 2.15. The van der Waals surface area contributed by atoms with Crippen molar-refractivity contribution in [2.45, 2.75) is 26.3 Å². The number of fused-ring (bicyclic) bond motifs is 1. The summed E-state index contributed by atoms with van der Waals surface area (Å²) in [5.74, 6) is -0.889. The first-order valence-corrected chi connectivity index (χ1v) is 7.55. The Balaban J connectivity index is 2.28. The van der Waals surface area contributed by atoms with Crippen LogP contribution in [-0.2, 0) is 0 Å². The third-order valence-electron chi connectivity index (χ3n) is 4.19. The van der Waals surface area contributed by atoms with E-state index < -0.39 is 5.97 Å². The van der Waals surface area contributed by atoms with E-state index in [0.29, 0.717) is 11.6 Å². The van der Waals surface area contributed by atoms with Crippen LogP contribution >= 0.6 is 0 Å². The fourth-order valence-electron chi connectivity index (χ4n) is 2.86. The summed E-state index contributed by atoms with van der Waals surface area (Å²) < 4.78 is 2.30. The number of aromatic nitrogens is 1. The van der Waals surface area contributed by atoms with E-state index in [4.69, 9.17) is 0 Å². The maximum atomic E-state index is 11.2. The maximum Gasteiger partial charge on any atom is 0.335 e. The Kier molecular flexibility index (Phi) is 3.72. The largest absolute Gasteiger partial charge is 0.478 e. The van der Waals surface area contributed by atoms with E-state index >= 15 is 0 Å². The van der Waals surface area contributed by atoms with Gasteiger partial charge in [0.2, 0.25) is 0 Å². The van der Waals surface area contributed by atoms with Crippen molar-refractivity contribution >= 4 is 16.9 Å². The predicted octanol–water partition coefficient (Wildman–Crippen LogP) is 4.98. The molecule has 0 amide bonds. The molecule has 3 aromatic rings. The number of hydrogen-bond acceptors (Lipinski definition) is 1. The fourth-order valence-corrected chi connectivity index (χ4v) is 2.86. The monoisotopic (exact) mass is 293 g/mol. The highest BCUT2D eigenvalue weighted by atomic mass is 16.4. The third kappa shape index (κ3) is 2.39. The van der Waals surface area contributed by atoms with Gasteiger partial charge in [0, 0.05) is 22.6 Å². The highest BCUT2D eigenvalue weighted by molar-refractivity contribution is 5.95. The number of aromatic carboxylic acids is 1. The molecule has 0 spiro atoms. The summed E-state index contributed by atoms with van der Waals surface area (Å²) in [5, 5.41) is 10.2. The average molecular weight is 293 g/mol. The van der Waals surface area contributed by atoms with Gasteiger partial charge in [-0.25, -0.2) is 4.79 Å². The SMILES string of the molecule is CCC(C)n1c(-c2ccccc2)cc2cc(C(=O)O)ccc21. The molecule has 0 saturated heterocycles. The second kappa shape index (κ2) is 5.68. The molecule has 1 unspecified atom stereocenters. The topological polar surface area (TPSA) is 42.2 Å². The molecule has 1 N–H and O–H groups in total. The summed E-state index contributed by atoms with van der Waals surface area (Å²) in [5.41, 5.74) is 3.69. The van der Waals surface area contributed by atoms with E-state index in [1.807, 2.05) is 24.3 Å². The molecule has 0 aliphatic carbocycles. The van der Waals surface area contributed by atoms with Gasteiger partial charge in [0.25, 0.3) is 0 Å². The highest BCUT2D eigenvalue weighted by Crippen LogP contribution is 2.32. The van der Waals surface area contributed by atoms with Crippen molar-refractivity contribution in [3.8, 4) is 11.3 Å². The molecular formula is C19H19NO2. The molecule has 22 heavy (non-hydrogen) atoms. The lowest BCUT2D eigenvalue weighted by Gasteiger charge is -2.17. The summed E-state index contributed by atoms with van der Waals surface area (Å²) in [7, 11) is 0. The molecule has 3 rings (SSSR count). The van der Waals surface area contributed by atoms with Gasteiger partial charge in [-0.2, -0.15) is 0 Å².